The van der Waals surface area contributed by atoms with Crippen molar-refractivity contribution < 1.29 is 13.6 Å². The molecule has 0 heterocycles. The molecular weight excluding hydrogens is 246 g/mol. The predicted octanol–water partition coefficient (Wildman–Crippen LogP) is 3.95. The summed E-state index contributed by atoms with van der Waals surface area (Å²) < 4.78 is 26.9. The smallest absolute Gasteiger partial charge is 0.173 e. The quantitative estimate of drug-likeness (QED) is 0.761. The second-order valence-electron chi connectivity index (χ2n) is 4.37. The van der Waals surface area contributed by atoms with E-state index in [1.807, 2.05) is 31.2 Å². The summed E-state index contributed by atoms with van der Waals surface area (Å²) >= 11 is 0. The minimum atomic E-state index is -0.810. The Morgan fingerprint density at radius 1 is 0.947 bits per heavy atom. The Labute approximate surface area is 110 Å². The Hall–Kier alpha value is -2.03. The van der Waals surface area contributed by atoms with Crippen LogP contribution in [0.3, 0.4) is 0 Å². The summed E-state index contributed by atoms with van der Waals surface area (Å²) in [4.78, 5) is 11.9. The van der Waals surface area contributed by atoms with E-state index in [4.69, 9.17) is 0 Å². The van der Waals surface area contributed by atoms with Gasteiger partial charge >= 0.3 is 0 Å². The largest absolute Gasteiger partial charge is 0.294 e. The second kappa shape index (κ2) is 5.74. The summed E-state index contributed by atoms with van der Waals surface area (Å²) in [5.74, 6) is -2.16. The number of halogens is 2. The maximum Gasteiger partial charge on any atom is 0.173 e. The molecule has 0 saturated carbocycles. The lowest BCUT2D eigenvalue weighted by molar-refractivity contribution is 0.0985. The average Bonchev–Trinajstić information content (AvgIpc) is 2.39. The van der Waals surface area contributed by atoms with Gasteiger partial charge in [-0.15, -0.1) is 0 Å². The van der Waals surface area contributed by atoms with Crippen molar-refractivity contribution in [3.8, 4) is 0 Å². The van der Waals surface area contributed by atoms with Gasteiger partial charge in [0.15, 0.2) is 5.78 Å². The molecule has 0 aromatic heterocycles. The lowest BCUT2D eigenvalue weighted by Crippen LogP contribution is -2.09. The molecule has 98 valence electrons. The molecule has 0 aliphatic rings. The highest BCUT2D eigenvalue weighted by Crippen LogP contribution is 2.15. The van der Waals surface area contributed by atoms with Crippen LogP contribution in [0.15, 0.2) is 42.5 Å². The molecule has 0 spiro atoms. The fraction of sp³-hybridized carbons (Fsp3) is 0.188. The van der Waals surface area contributed by atoms with Crippen molar-refractivity contribution in [2.24, 2.45) is 0 Å². The van der Waals surface area contributed by atoms with E-state index in [0.29, 0.717) is 0 Å². The Kier molecular flexibility index (Phi) is 4.05. The molecule has 2 aromatic rings. The molecule has 0 saturated heterocycles. The van der Waals surface area contributed by atoms with E-state index in [-0.39, 0.29) is 6.42 Å². The van der Waals surface area contributed by atoms with Gasteiger partial charge < -0.3 is 0 Å². The van der Waals surface area contributed by atoms with E-state index in [1.165, 1.54) is 6.07 Å². The third-order valence-corrected chi connectivity index (χ3v) is 3.04. The van der Waals surface area contributed by atoms with Crippen LogP contribution in [0.5, 0.6) is 0 Å². The summed E-state index contributed by atoms with van der Waals surface area (Å²) in [7, 11) is 0. The Morgan fingerprint density at radius 2 is 1.47 bits per heavy atom. The van der Waals surface area contributed by atoms with Gasteiger partial charge in [0.05, 0.1) is 5.56 Å². The van der Waals surface area contributed by atoms with Crippen molar-refractivity contribution in [2.45, 2.75) is 19.8 Å². The Balaban J connectivity index is 2.21. The molecule has 0 aliphatic heterocycles. The normalized spacial score (nSPS) is 10.5. The van der Waals surface area contributed by atoms with Crippen LogP contribution >= 0.6 is 0 Å². The highest BCUT2D eigenvalue weighted by atomic mass is 19.1. The topological polar surface area (TPSA) is 17.1 Å². The number of carbonyl (C=O) groups excluding carboxylic acids is 1. The van der Waals surface area contributed by atoms with Crippen LogP contribution in [-0.2, 0) is 12.8 Å². The number of Topliss-reactive ketones (excluding diaryl/α,β-unsaturated/α-hetero) is 1. The maximum absolute atomic E-state index is 13.5. The summed E-state index contributed by atoms with van der Waals surface area (Å²) in [6.45, 7) is 2.04. The van der Waals surface area contributed by atoms with Crippen molar-refractivity contribution in [1.82, 2.24) is 0 Å². The van der Waals surface area contributed by atoms with Crippen LogP contribution in [0, 0.1) is 11.6 Å². The summed E-state index contributed by atoms with van der Waals surface area (Å²) in [5.41, 5.74) is 1.46. The summed E-state index contributed by atoms with van der Waals surface area (Å²) in [6.07, 6.45) is 0.915. The molecule has 3 heteroatoms. The maximum atomic E-state index is 13.5. The Morgan fingerprint density at radius 3 is 2.00 bits per heavy atom. The van der Waals surface area contributed by atoms with Crippen molar-refractivity contribution >= 4 is 5.78 Å². The van der Waals surface area contributed by atoms with Gasteiger partial charge in [0.1, 0.15) is 11.6 Å². The van der Waals surface area contributed by atoms with Gasteiger partial charge in [-0.3, -0.25) is 4.79 Å². The molecule has 19 heavy (non-hydrogen) atoms. The highest BCUT2D eigenvalue weighted by molar-refractivity contribution is 5.98. The SMILES string of the molecule is CCc1ccc(CC(=O)c2c(F)cccc2F)cc1. The van der Waals surface area contributed by atoms with Crippen LogP contribution < -0.4 is 0 Å². The number of rotatable bonds is 4. The molecule has 0 amide bonds. The molecule has 0 atom stereocenters. The van der Waals surface area contributed by atoms with E-state index < -0.39 is 23.0 Å². The fourth-order valence-electron chi connectivity index (χ4n) is 1.93. The predicted molar refractivity (Wildman–Crippen MR) is 70.2 cm³/mol. The lowest BCUT2D eigenvalue weighted by Gasteiger charge is -2.05. The molecule has 1 nitrogen and oxygen atoms in total. The van der Waals surface area contributed by atoms with Gasteiger partial charge in [0.25, 0.3) is 0 Å². The minimum absolute atomic E-state index is 0.00183. The van der Waals surface area contributed by atoms with Crippen LogP contribution in [0.25, 0.3) is 0 Å². The molecule has 0 unspecified atom stereocenters. The number of aryl methyl sites for hydroxylation is 1. The molecule has 0 bridgehead atoms. The fourth-order valence-corrected chi connectivity index (χ4v) is 1.93. The first kappa shape index (κ1) is 13.4. The summed E-state index contributed by atoms with van der Waals surface area (Å²) in [5, 5.41) is 0. The van der Waals surface area contributed by atoms with E-state index in [1.54, 1.807) is 0 Å². The van der Waals surface area contributed by atoms with Crippen molar-refractivity contribution in [3.63, 3.8) is 0 Å². The lowest BCUT2D eigenvalue weighted by atomic mass is 10.0. The number of hydrogen-bond acceptors (Lipinski definition) is 1. The second-order valence-corrected chi connectivity index (χ2v) is 4.37. The zero-order chi connectivity index (χ0) is 13.8. The number of benzene rings is 2. The molecular formula is C16H14F2O. The standard InChI is InChI=1S/C16H14F2O/c1-2-11-6-8-12(9-7-11)10-15(19)16-13(17)4-3-5-14(16)18/h3-9H,2,10H2,1H3. The molecule has 0 aliphatic carbocycles. The van der Waals surface area contributed by atoms with Crippen LogP contribution in [0.4, 0.5) is 8.78 Å². The first-order valence-corrected chi connectivity index (χ1v) is 6.17. The number of ketones is 1. The van der Waals surface area contributed by atoms with E-state index in [2.05, 4.69) is 0 Å². The first-order valence-electron chi connectivity index (χ1n) is 6.17. The van der Waals surface area contributed by atoms with E-state index in [0.717, 1.165) is 29.7 Å². The molecule has 2 aromatic carbocycles. The van der Waals surface area contributed by atoms with E-state index in [9.17, 15) is 13.6 Å². The zero-order valence-electron chi connectivity index (χ0n) is 10.6. The van der Waals surface area contributed by atoms with Crippen LogP contribution in [0.1, 0.15) is 28.4 Å². The average molecular weight is 260 g/mol. The van der Waals surface area contributed by atoms with Gasteiger partial charge in [-0.05, 0) is 29.7 Å². The molecule has 0 N–H and O–H groups in total. The van der Waals surface area contributed by atoms with Gasteiger partial charge in [-0.2, -0.15) is 0 Å². The highest BCUT2D eigenvalue weighted by Gasteiger charge is 2.17. The molecule has 2 rings (SSSR count). The van der Waals surface area contributed by atoms with Gasteiger partial charge in [0, 0.05) is 6.42 Å². The zero-order valence-corrected chi connectivity index (χ0v) is 10.6. The third-order valence-electron chi connectivity index (χ3n) is 3.04. The summed E-state index contributed by atoms with van der Waals surface area (Å²) in [6, 6.07) is 10.9. The molecule has 0 radical (unpaired) electrons. The van der Waals surface area contributed by atoms with Gasteiger partial charge in [-0.25, -0.2) is 8.78 Å². The number of hydrogen-bond donors (Lipinski definition) is 0. The van der Waals surface area contributed by atoms with Crippen molar-refractivity contribution in [2.75, 3.05) is 0 Å². The molecule has 0 fully saturated rings. The third kappa shape index (κ3) is 3.05. The minimum Gasteiger partial charge on any atom is -0.294 e. The van der Waals surface area contributed by atoms with Crippen LogP contribution in [-0.4, -0.2) is 5.78 Å². The number of carbonyl (C=O) groups is 1. The van der Waals surface area contributed by atoms with Gasteiger partial charge in [-0.1, -0.05) is 37.3 Å². The van der Waals surface area contributed by atoms with Gasteiger partial charge in [0.2, 0.25) is 0 Å². The van der Waals surface area contributed by atoms with Crippen LogP contribution in [0.2, 0.25) is 0 Å². The van der Waals surface area contributed by atoms with Crippen molar-refractivity contribution in [3.05, 3.63) is 70.8 Å². The van der Waals surface area contributed by atoms with E-state index >= 15 is 0 Å². The van der Waals surface area contributed by atoms with Crippen molar-refractivity contribution in [1.29, 1.82) is 0 Å². The monoisotopic (exact) mass is 260 g/mol. The Bertz CT molecular complexity index is 568. The first-order chi connectivity index (χ1) is 9.11.